The van der Waals surface area contributed by atoms with Crippen LogP contribution in [0.1, 0.15) is 43.7 Å². The number of likely N-dealkylation sites (tertiary alicyclic amines) is 1. The molecule has 3 unspecified atom stereocenters. The molecule has 2 aromatic carbocycles. The maximum absolute atomic E-state index is 13.5. The first-order valence-corrected chi connectivity index (χ1v) is 13.2. The number of benzene rings is 2. The summed E-state index contributed by atoms with van der Waals surface area (Å²) in [7, 11) is -0.496. The number of rotatable bonds is 8. The van der Waals surface area contributed by atoms with Crippen molar-refractivity contribution in [3.8, 4) is 17.2 Å². The minimum atomic E-state index is -3.48. The lowest BCUT2D eigenvalue weighted by atomic mass is 9.85. The molecule has 34 heavy (non-hydrogen) atoms. The summed E-state index contributed by atoms with van der Waals surface area (Å²) in [6.45, 7) is 5.67. The molecule has 3 rings (SSSR count). The van der Waals surface area contributed by atoms with Crippen molar-refractivity contribution in [2.75, 3.05) is 38.3 Å². The van der Waals surface area contributed by atoms with Gasteiger partial charge in [-0.25, -0.2) is 8.42 Å². The SMILES string of the molecule is COc1cc(O)c(C(CC(=O)N2CC(C)CC(C)C2)c2cccc(NS(C)(=O)=O)c2)c(OC)c1. The third-order valence-corrected chi connectivity index (χ3v) is 6.70. The molecule has 1 amide bonds. The first kappa shape index (κ1) is 25.7. The minimum absolute atomic E-state index is 0.0258. The van der Waals surface area contributed by atoms with Crippen molar-refractivity contribution >= 4 is 21.6 Å². The zero-order valence-electron chi connectivity index (χ0n) is 20.4. The van der Waals surface area contributed by atoms with Crippen molar-refractivity contribution in [2.45, 2.75) is 32.6 Å². The molecule has 0 saturated carbocycles. The number of methoxy groups -OCH3 is 2. The number of phenolic OH excluding ortho intramolecular Hbond substituents is 1. The third kappa shape index (κ3) is 6.34. The Kier molecular flexibility index (Phi) is 7.97. The molecule has 1 heterocycles. The van der Waals surface area contributed by atoms with E-state index in [1.54, 1.807) is 24.3 Å². The second-order valence-corrected chi connectivity index (χ2v) is 11.0. The molecule has 9 heteroatoms. The first-order chi connectivity index (χ1) is 16.0. The quantitative estimate of drug-likeness (QED) is 0.583. The normalized spacial score (nSPS) is 19.4. The lowest BCUT2D eigenvalue weighted by molar-refractivity contribution is -0.134. The highest BCUT2D eigenvalue weighted by Crippen LogP contribution is 2.43. The molecule has 0 aromatic heterocycles. The monoisotopic (exact) mass is 490 g/mol. The van der Waals surface area contributed by atoms with Crippen LogP contribution in [-0.4, -0.2) is 57.9 Å². The van der Waals surface area contributed by atoms with Crippen LogP contribution in [0.15, 0.2) is 36.4 Å². The summed E-state index contributed by atoms with van der Waals surface area (Å²) in [6, 6.07) is 10.0. The van der Waals surface area contributed by atoms with Crippen LogP contribution in [0.25, 0.3) is 0 Å². The lowest BCUT2D eigenvalue weighted by Crippen LogP contribution is -2.43. The third-order valence-electron chi connectivity index (χ3n) is 6.09. The van der Waals surface area contributed by atoms with Gasteiger partial charge in [-0.15, -0.1) is 0 Å². The molecular formula is C25H34N2O6S. The Hall–Kier alpha value is -2.94. The van der Waals surface area contributed by atoms with Crippen LogP contribution >= 0.6 is 0 Å². The smallest absolute Gasteiger partial charge is 0.229 e. The predicted molar refractivity (Wildman–Crippen MR) is 132 cm³/mol. The van der Waals surface area contributed by atoms with E-state index in [1.807, 2.05) is 11.0 Å². The first-order valence-electron chi connectivity index (χ1n) is 11.3. The number of carbonyl (C=O) groups excluding carboxylic acids is 1. The molecule has 0 aliphatic carbocycles. The Balaban J connectivity index is 2.06. The average Bonchev–Trinajstić information content (AvgIpc) is 2.75. The van der Waals surface area contributed by atoms with E-state index in [2.05, 4.69) is 18.6 Å². The van der Waals surface area contributed by atoms with Crippen molar-refractivity contribution < 1.29 is 27.8 Å². The summed E-state index contributed by atoms with van der Waals surface area (Å²) in [5, 5.41) is 10.9. The van der Waals surface area contributed by atoms with Gasteiger partial charge in [-0.05, 0) is 36.0 Å². The van der Waals surface area contributed by atoms with Gasteiger partial charge >= 0.3 is 0 Å². The molecule has 2 aromatic rings. The molecule has 8 nitrogen and oxygen atoms in total. The van der Waals surface area contributed by atoms with E-state index < -0.39 is 15.9 Å². The van der Waals surface area contributed by atoms with Gasteiger partial charge in [0.1, 0.15) is 17.2 Å². The fraction of sp³-hybridized carbons (Fsp3) is 0.480. The number of amides is 1. The van der Waals surface area contributed by atoms with E-state index in [-0.39, 0.29) is 18.1 Å². The molecular weight excluding hydrogens is 456 g/mol. The molecule has 0 bridgehead atoms. The molecule has 1 fully saturated rings. The molecule has 1 aliphatic rings. The highest BCUT2D eigenvalue weighted by molar-refractivity contribution is 7.92. The number of sulfonamides is 1. The standard InChI is InChI=1S/C25H34N2O6S/c1-16-9-17(2)15-27(14-16)24(29)13-21(18-7-6-8-19(10-18)26-34(5,30)31)25-22(28)11-20(32-3)12-23(25)33-4/h6-8,10-12,16-17,21,26,28H,9,13-15H2,1-5H3. The number of nitrogens with one attached hydrogen (secondary N) is 1. The van der Waals surface area contributed by atoms with Gasteiger partial charge in [-0.3, -0.25) is 9.52 Å². The van der Waals surface area contributed by atoms with Crippen molar-refractivity contribution in [1.82, 2.24) is 4.90 Å². The van der Waals surface area contributed by atoms with Gasteiger partial charge in [-0.2, -0.15) is 0 Å². The highest BCUT2D eigenvalue weighted by Gasteiger charge is 2.31. The number of hydrogen-bond donors (Lipinski definition) is 2. The van der Waals surface area contributed by atoms with E-state index in [4.69, 9.17) is 9.47 Å². The van der Waals surface area contributed by atoms with E-state index in [0.29, 0.717) is 53.2 Å². The van der Waals surface area contributed by atoms with Gasteiger partial charge in [-0.1, -0.05) is 26.0 Å². The summed E-state index contributed by atoms with van der Waals surface area (Å²) in [4.78, 5) is 15.3. The fourth-order valence-electron chi connectivity index (χ4n) is 4.81. The maximum atomic E-state index is 13.5. The van der Waals surface area contributed by atoms with Crippen molar-refractivity contribution in [3.05, 3.63) is 47.5 Å². The molecule has 0 spiro atoms. The Labute approximate surface area is 201 Å². The van der Waals surface area contributed by atoms with E-state index in [9.17, 15) is 18.3 Å². The number of piperidine rings is 1. The second kappa shape index (κ2) is 10.5. The summed E-state index contributed by atoms with van der Waals surface area (Å²) >= 11 is 0. The van der Waals surface area contributed by atoms with Crippen LogP contribution in [-0.2, 0) is 14.8 Å². The zero-order valence-corrected chi connectivity index (χ0v) is 21.2. The van der Waals surface area contributed by atoms with E-state index in [1.165, 1.54) is 20.3 Å². The summed E-state index contributed by atoms with van der Waals surface area (Å²) in [5.74, 6) is 0.987. The van der Waals surface area contributed by atoms with Gasteiger partial charge in [0.05, 0.1) is 20.5 Å². The fourth-order valence-corrected chi connectivity index (χ4v) is 5.37. The van der Waals surface area contributed by atoms with Crippen LogP contribution in [0.5, 0.6) is 17.2 Å². The van der Waals surface area contributed by atoms with Gasteiger partial charge in [0.25, 0.3) is 0 Å². The summed E-state index contributed by atoms with van der Waals surface area (Å²) in [5.41, 5.74) is 1.51. The average molecular weight is 491 g/mol. The molecule has 1 saturated heterocycles. The van der Waals surface area contributed by atoms with Crippen molar-refractivity contribution in [2.24, 2.45) is 11.8 Å². The molecule has 0 radical (unpaired) electrons. The molecule has 186 valence electrons. The molecule has 3 atom stereocenters. The Morgan fingerprint density at radius 2 is 1.82 bits per heavy atom. The number of phenols is 1. The van der Waals surface area contributed by atoms with E-state index in [0.717, 1.165) is 12.7 Å². The summed E-state index contributed by atoms with van der Waals surface area (Å²) in [6.07, 6.45) is 2.26. The predicted octanol–water partition coefficient (Wildman–Crippen LogP) is 3.81. The van der Waals surface area contributed by atoms with Crippen molar-refractivity contribution in [3.63, 3.8) is 0 Å². The minimum Gasteiger partial charge on any atom is -0.507 e. The second-order valence-electron chi connectivity index (χ2n) is 9.26. The van der Waals surface area contributed by atoms with Crippen LogP contribution in [0.4, 0.5) is 5.69 Å². The van der Waals surface area contributed by atoms with Crippen molar-refractivity contribution in [1.29, 1.82) is 0 Å². The number of carbonyl (C=O) groups is 1. The van der Waals surface area contributed by atoms with E-state index >= 15 is 0 Å². The number of ether oxygens (including phenoxy) is 2. The van der Waals surface area contributed by atoms with Gasteiger partial charge in [0.2, 0.25) is 15.9 Å². The number of nitrogens with zero attached hydrogens (tertiary/aromatic N) is 1. The topological polar surface area (TPSA) is 105 Å². The number of anilines is 1. The lowest BCUT2D eigenvalue weighted by Gasteiger charge is -2.36. The highest BCUT2D eigenvalue weighted by atomic mass is 32.2. The van der Waals surface area contributed by atoms with Crippen LogP contribution < -0.4 is 14.2 Å². The van der Waals surface area contributed by atoms with Gasteiger partial charge < -0.3 is 19.5 Å². The van der Waals surface area contributed by atoms with Gasteiger partial charge in [0.15, 0.2) is 0 Å². The Morgan fingerprint density at radius 3 is 2.41 bits per heavy atom. The summed E-state index contributed by atoms with van der Waals surface area (Å²) < 4.78 is 36.9. The van der Waals surface area contributed by atoms with Crippen LogP contribution in [0.2, 0.25) is 0 Å². The number of hydrogen-bond acceptors (Lipinski definition) is 6. The largest absolute Gasteiger partial charge is 0.507 e. The number of aromatic hydroxyl groups is 1. The van der Waals surface area contributed by atoms with Crippen LogP contribution in [0.3, 0.4) is 0 Å². The molecule has 2 N–H and O–H groups in total. The zero-order chi connectivity index (χ0) is 25.0. The molecule has 1 aliphatic heterocycles. The Bertz CT molecular complexity index is 1120. The Morgan fingerprint density at radius 1 is 1.15 bits per heavy atom. The maximum Gasteiger partial charge on any atom is 0.229 e. The van der Waals surface area contributed by atoms with Gasteiger partial charge in [0, 0.05) is 48.8 Å². The van der Waals surface area contributed by atoms with Crippen LogP contribution in [0, 0.1) is 11.8 Å².